The highest BCUT2D eigenvalue weighted by Gasteiger charge is 2.22. The largest absolute Gasteiger partial charge is 0.396 e. The van der Waals surface area contributed by atoms with Gasteiger partial charge in [0.1, 0.15) is 0 Å². The van der Waals surface area contributed by atoms with Crippen molar-refractivity contribution in [2.75, 3.05) is 6.61 Å². The SMILES string of the molecule is Cc1ccc(S(=O)(=O)N[C@H](CCO)c2ccccc2)c(C)c1. The molecule has 0 aliphatic rings. The smallest absolute Gasteiger partial charge is 0.241 e. The molecule has 22 heavy (non-hydrogen) atoms. The minimum atomic E-state index is -3.64. The van der Waals surface area contributed by atoms with Gasteiger partial charge in [-0.2, -0.15) is 0 Å². The molecule has 0 aromatic heterocycles. The average molecular weight is 319 g/mol. The molecule has 0 radical (unpaired) electrons. The van der Waals surface area contributed by atoms with Crippen molar-refractivity contribution < 1.29 is 13.5 Å². The highest BCUT2D eigenvalue weighted by Crippen LogP contribution is 2.22. The van der Waals surface area contributed by atoms with Crippen LogP contribution in [0.2, 0.25) is 0 Å². The summed E-state index contributed by atoms with van der Waals surface area (Å²) >= 11 is 0. The van der Waals surface area contributed by atoms with Gasteiger partial charge in [0.15, 0.2) is 0 Å². The number of nitrogens with one attached hydrogen (secondary N) is 1. The van der Waals surface area contributed by atoms with Crippen molar-refractivity contribution in [1.82, 2.24) is 4.72 Å². The van der Waals surface area contributed by atoms with Crippen LogP contribution in [0.4, 0.5) is 0 Å². The first-order chi connectivity index (χ1) is 10.4. The third kappa shape index (κ3) is 3.94. The standard InChI is InChI=1S/C17H21NO3S/c1-13-8-9-17(14(2)12-13)22(20,21)18-16(10-11-19)15-6-4-3-5-7-15/h3-9,12,16,18-19H,10-11H2,1-2H3/t16-/m1/s1. The quantitative estimate of drug-likeness (QED) is 0.860. The maximum Gasteiger partial charge on any atom is 0.241 e. The van der Waals surface area contributed by atoms with Crippen molar-refractivity contribution in [3.05, 3.63) is 65.2 Å². The first-order valence-electron chi connectivity index (χ1n) is 7.19. The minimum absolute atomic E-state index is 0.0883. The van der Waals surface area contributed by atoms with E-state index in [0.717, 1.165) is 11.1 Å². The Hall–Kier alpha value is -1.69. The molecule has 0 aliphatic heterocycles. The van der Waals surface area contributed by atoms with Gasteiger partial charge in [-0.1, -0.05) is 48.0 Å². The number of aryl methyl sites for hydroxylation is 2. The van der Waals surface area contributed by atoms with Crippen LogP contribution < -0.4 is 4.72 Å². The molecule has 118 valence electrons. The van der Waals surface area contributed by atoms with Crippen LogP contribution in [-0.4, -0.2) is 20.1 Å². The summed E-state index contributed by atoms with van der Waals surface area (Å²) < 4.78 is 28.0. The van der Waals surface area contributed by atoms with Crippen LogP contribution in [0.15, 0.2) is 53.4 Å². The second-order valence-corrected chi connectivity index (χ2v) is 7.05. The van der Waals surface area contributed by atoms with E-state index in [1.165, 1.54) is 0 Å². The zero-order valence-corrected chi connectivity index (χ0v) is 13.6. The maximum absolute atomic E-state index is 12.6. The molecule has 4 nitrogen and oxygen atoms in total. The predicted octanol–water partition coefficient (Wildman–Crippen LogP) is 2.71. The Balaban J connectivity index is 2.32. The summed E-state index contributed by atoms with van der Waals surface area (Å²) in [7, 11) is -3.64. The third-order valence-corrected chi connectivity index (χ3v) is 5.17. The first kappa shape index (κ1) is 16.7. The van der Waals surface area contributed by atoms with E-state index in [1.54, 1.807) is 19.1 Å². The molecule has 2 N–H and O–H groups in total. The van der Waals surface area contributed by atoms with Gasteiger partial charge in [0, 0.05) is 12.6 Å². The molecule has 2 aromatic rings. The Morgan fingerprint density at radius 2 is 1.77 bits per heavy atom. The van der Waals surface area contributed by atoms with Crippen LogP contribution in [0.25, 0.3) is 0 Å². The van der Waals surface area contributed by atoms with Gasteiger partial charge in [0.25, 0.3) is 0 Å². The number of aliphatic hydroxyl groups excluding tert-OH is 1. The molecular weight excluding hydrogens is 298 g/mol. The number of aliphatic hydroxyl groups is 1. The predicted molar refractivity (Wildman–Crippen MR) is 87.1 cm³/mol. The Labute approximate surface area is 131 Å². The van der Waals surface area contributed by atoms with Gasteiger partial charge in [-0.25, -0.2) is 13.1 Å². The summed E-state index contributed by atoms with van der Waals surface area (Å²) in [5.41, 5.74) is 2.57. The molecule has 0 saturated heterocycles. The van der Waals surface area contributed by atoms with Gasteiger partial charge in [0.2, 0.25) is 10.0 Å². The normalized spacial score (nSPS) is 13.0. The number of hydrogen-bond donors (Lipinski definition) is 2. The Morgan fingerprint density at radius 3 is 2.36 bits per heavy atom. The van der Waals surface area contributed by atoms with Crippen LogP contribution >= 0.6 is 0 Å². The average Bonchev–Trinajstić information content (AvgIpc) is 2.47. The Kier molecular flexibility index (Phi) is 5.34. The molecule has 0 aliphatic carbocycles. The second-order valence-electron chi connectivity index (χ2n) is 5.37. The number of benzene rings is 2. The van der Waals surface area contributed by atoms with Crippen molar-refractivity contribution in [3.8, 4) is 0 Å². The van der Waals surface area contributed by atoms with Gasteiger partial charge >= 0.3 is 0 Å². The van der Waals surface area contributed by atoms with Crippen LogP contribution in [0.1, 0.15) is 29.2 Å². The van der Waals surface area contributed by atoms with E-state index < -0.39 is 16.1 Å². The van der Waals surface area contributed by atoms with Crippen molar-refractivity contribution in [3.63, 3.8) is 0 Å². The number of sulfonamides is 1. The van der Waals surface area contributed by atoms with Gasteiger partial charge < -0.3 is 5.11 Å². The summed E-state index contributed by atoms with van der Waals surface area (Å²) in [4.78, 5) is 0.275. The lowest BCUT2D eigenvalue weighted by atomic mass is 10.1. The zero-order valence-electron chi connectivity index (χ0n) is 12.8. The molecule has 0 heterocycles. The lowest BCUT2D eigenvalue weighted by molar-refractivity contribution is 0.272. The van der Waals surface area contributed by atoms with E-state index in [1.807, 2.05) is 43.3 Å². The first-order valence-corrected chi connectivity index (χ1v) is 8.68. The van der Waals surface area contributed by atoms with Crippen molar-refractivity contribution in [2.24, 2.45) is 0 Å². The number of rotatable bonds is 6. The fourth-order valence-corrected chi connectivity index (χ4v) is 3.95. The van der Waals surface area contributed by atoms with E-state index in [2.05, 4.69) is 4.72 Å². The molecule has 0 spiro atoms. The fourth-order valence-electron chi connectivity index (χ4n) is 2.46. The Morgan fingerprint density at radius 1 is 1.09 bits per heavy atom. The molecule has 1 atom stereocenters. The molecular formula is C17H21NO3S. The van der Waals surface area contributed by atoms with E-state index >= 15 is 0 Å². The summed E-state index contributed by atoms with van der Waals surface area (Å²) in [5.74, 6) is 0. The van der Waals surface area contributed by atoms with Crippen LogP contribution in [-0.2, 0) is 10.0 Å². The van der Waals surface area contributed by atoms with Gasteiger partial charge in [-0.15, -0.1) is 0 Å². The monoisotopic (exact) mass is 319 g/mol. The fraction of sp³-hybridized carbons (Fsp3) is 0.294. The Bertz CT molecular complexity index is 727. The van der Waals surface area contributed by atoms with Crippen LogP contribution in [0.3, 0.4) is 0 Å². The molecule has 5 heteroatoms. The van der Waals surface area contributed by atoms with Gasteiger partial charge in [-0.05, 0) is 37.5 Å². The lowest BCUT2D eigenvalue weighted by Gasteiger charge is -2.19. The highest BCUT2D eigenvalue weighted by atomic mass is 32.2. The molecule has 0 unspecified atom stereocenters. The third-order valence-electron chi connectivity index (χ3n) is 3.54. The highest BCUT2D eigenvalue weighted by molar-refractivity contribution is 7.89. The lowest BCUT2D eigenvalue weighted by Crippen LogP contribution is -2.29. The molecule has 2 aromatic carbocycles. The van der Waals surface area contributed by atoms with E-state index in [-0.39, 0.29) is 11.5 Å². The van der Waals surface area contributed by atoms with Crippen LogP contribution in [0.5, 0.6) is 0 Å². The maximum atomic E-state index is 12.6. The van der Waals surface area contributed by atoms with E-state index in [4.69, 9.17) is 0 Å². The molecule has 0 fully saturated rings. The van der Waals surface area contributed by atoms with Gasteiger partial charge in [0.05, 0.1) is 4.90 Å². The summed E-state index contributed by atoms with van der Waals surface area (Å²) in [6, 6.07) is 14.1. The summed E-state index contributed by atoms with van der Waals surface area (Å²) in [6.07, 6.45) is 0.328. The van der Waals surface area contributed by atoms with Crippen molar-refractivity contribution in [1.29, 1.82) is 0 Å². The molecule has 0 bridgehead atoms. The summed E-state index contributed by atoms with van der Waals surface area (Å²) in [5, 5.41) is 9.22. The minimum Gasteiger partial charge on any atom is -0.396 e. The van der Waals surface area contributed by atoms with E-state index in [9.17, 15) is 13.5 Å². The van der Waals surface area contributed by atoms with E-state index in [0.29, 0.717) is 12.0 Å². The second kappa shape index (κ2) is 7.05. The topological polar surface area (TPSA) is 66.4 Å². The van der Waals surface area contributed by atoms with Crippen LogP contribution in [0, 0.1) is 13.8 Å². The number of hydrogen-bond acceptors (Lipinski definition) is 3. The zero-order chi connectivity index (χ0) is 16.2. The summed E-state index contributed by atoms with van der Waals surface area (Å²) in [6.45, 7) is 3.62. The molecule has 2 rings (SSSR count). The van der Waals surface area contributed by atoms with Crippen molar-refractivity contribution in [2.45, 2.75) is 31.2 Å². The molecule has 0 amide bonds. The van der Waals surface area contributed by atoms with Crippen molar-refractivity contribution >= 4 is 10.0 Å². The molecule has 0 saturated carbocycles. The van der Waals surface area contributed by atoms with Gasteiger partial charge in [-0.3, -0.25) is 0 Å².